The molecule has 1 saturated heterocycles. The van der Waals surface area contributed by atoms with E-state index in [1.807, 2.05) is 19.1 Å². The number of carboxylic acids is 1. The van der Waals surface area contributed by atoms with Crippen LogP contribution in [0.25, 0.3) is 5.76 Å². The number of carbonyl (C=O) groups excluding carboxylic acids is 2. The molecular weight excluding hydrogens is 446 g/mol. The van der Waals surface area contributed by atoms with E-state index in [2.05, 4.69) is 0 Å². The van der Waals surface area contributed by atoms with E-state index in [0.29, 0.717) is 22.4 Å². The number of hydrogen-bond donors (Lipinski definition) is 2. The molecule has 1 unspecified atom stereocenters. The van der Waals surface area contributed by atoms with Gasteiger partial charge in [0.15, 0.2) is 0 Å². The monoisotopic (exact) mass is 471 g/mol. The highest BCUT2D eigenvalue weighted by Gasteiger charge is 2.47. The van der Waals surface area contributed by atoms with E-state index in [0.717, 1.165) is 12.0 Å². The molecule has 1 aliphatic heterocycles. The summed E-state index contributed by atoms with van der Waals surface area (Å²) in [5.41, 5.74) is 2.81. The van der Waals surface area contributed by atoms with Crippen molar-refractivity contribution in [2.45, 2.75) is 25.9 Å². The molecule has 1 heterocycles. The number of amides is 1. The lowest BCUT2D eigenvalue weighted by Crippen LogP contribution is -2.29. The standard InChI is InChI=1S/C28H25NO6/c1-3-17-8-12-19(13-9-17)25(30)23-24(21-6-4-5-7-22(21)35-2)29(27(32)26(23)31)16-18-10-14-20(15-11-18)28(33)34/h4-15,24,30H,3,16H2,1-2H3,(H,33,34)/b25-23+. The molecule has 3 aromatic carbocycles. The summed E-state index contributed by atoms with van der Waals surface area (Å²) >= 11 is 0. The van der Waals surface area contributed by atoms with Gasteiger partial charge in [-0.3, -0.25) is 9.59 Å². The van der Waals surface area contributed by atoms with Crippen molar-refractivity contribution in [1.29, 1.82) is 0 Å². The topological polar surface area (TPSA) is 104 Å². The minimum atomic E-state index is -1.06. The minimum Gasteiger partial charge on any atom is -0.507 e. The smallest absolute Gasteiger partial charge is 0.335 e. The lowest BCUT2D eigenvalue weighted by Gasteiger charge is -2.26. The zero-order valence-corrected chi connectivity index (χ0v) is 19.4. The summed E-state index contributed by atoms with van der Waals surface area (Å²) in [7, 11) is 1.50. The van der Waals surface area contributed by atoms with E-state index in [4.69, 9.17) is 9.84 Å². The number of aromatic carboxylic acids is 1. The molecular formula is C28H25NO6. The molecule has 4 rings (SSSR count). The lowest BCUT2D eigenvalue weighted by molar-refractivity contribution is -0.140. The number of ketones is 1. The van der Waals surface area contributed by atoms with Gasteiger partial charge in [-0.1, -0.05) is 61.5 Å². The number of ether oxygens (including phenoxy) is 1. The zero-order chi connectivity index (χ0) is 25.1. The van der Waals surface area contributed by atoms with Gasteiger partial charge in [-0.05, 0) is 35.7 Å². The number of hydrogen-bond acceptors (Lipinski definition) is 5. The fraction of sp³-hybridized carbons (Fsp3) is 0.179. The van der Waals surface area contributed by atoms with Crippen molar-refractivity contribution in [3.8, 4) is 5.75 Å². The Hall–Kier alpha value is -4.39. The molecule has 3 aromatic rings. The van der Waals surface area contributed by atoms with Gasteiger partial charge in [0.1, 0.15) is 11.5 Å². The summed E-state index contributed by atoms with van der Waals surface area (Å²) in [6, 6.07) is 19.4. The van der Waals surface area contributed by atoms with Crippen molar-refractivity contribution in [1.82, 2.24) is 4.90 Å². The van der Waals surface area contributed by atoms with Crippen molar-refractivity contribution >= 4 is 23.4 Å². The summed E-state index contributed by atoms with van der Waals surface area (Å²) in [5.74, 6) is -2.39. The molecule has 1 atom stereocenters. The molecule has 35 heavy (non-hydrogen) atoms. The summed E-state index contributed by atoms with van der Waals surface area (Å²) in [6.45, 7) is 2.06. The molecule has 0 saturated carbocycles. The SMILES string of the molecule is CCc1ccc(/C(O)=C2\C(=O)C(=O)N(Cc3ccc(C(=O)O)cc3)C2c2ccccc2OC)cc1. The fourth-order valence-electron chi connectivity index (χ4n) is 4.26. The first kappa shape index (κ1) is 23.8. The number of aliphatic hydroxyl groups is 1. The van der Waals surface area contributed by atoms with Crippen molar-refractivity contribution in [2.75, 3.05) is 7.11 Å². The second kappa shape index (κ2) is 9.85. The average molecular weight is 472 g/mol. The number of Topliss-reactive ketones (excluding diaryl/α,β-unsaturated/α-hetero) is 1. The molecule has 1 aliphatic rings. The first-order chi connectivity index (χ1) is 16.8. The van der Waals surface area contributed by atoms with E-state index in [1.165, 1.54) is 24.1 Å². The van der Waals surface area contributed by atoms with Crippen LogP contribution >= 0.6 is 0 Å². The summed E-state index contributed by atoms with van der Waals surface area (Å²) in [6.07, 6.45) is 0.827. The Labute approximate surface area is 202 Å². The number of rotatable bonds is 7. The molecule has 0 aromatic heterocycles. The number of benzene rings is 3. The lowest BCUT2D eigenvalue weighted by atomic mass is 9.94. The fourth-order valence-corrected chi connectivity index (χ4v) is 4.26. The third kappa shape index (κ3) is 4.53. The van der Waals surface area contributed by atoms with Gasteiger partial charge < -0.3 is 19.8 Å². The molecule has 7 heteroatoms. The first-order valence-electron chi connectivity index (χ1n) is 11.2. The Balaban J connectivity index is 1.84. The Morgan fingerprint density at radius 1 is 0.886 bits per heavy atom. The molecule has 1 fully saturated rings. The van der Waals surface area contributed by atoms with Crippen LogP contribution in [0.15, 0.2) is 78.4 Å². The van der Waals surface area contributed by atoms with Crippen LogP contribution in [-0.4, -0.2) is 39.9 Å². The number of carbonyl (C=O) groups is 3. The predicted octanol–water partition coefficient (Wildman–Crippen LogP) is 4.58. The Morgan fingerprint density at radius 2 is 1.49 bits per heavy atom. The van der Waals surface area contributed by atoms with E-state index in [9.17, 15) is 19.5 Å². The largest absolute Gasteiger partial charge is 0.507 e. The van der Waals surface area contributed by atoms with E-state index in [1.54, 1.807) is 48.5 Å². The van der Waals surface area contributed by atoms with Crippen LogP contribution in [-0.2, 0) is 22.6 Å². The Bertz CT molecular complexity index is 1310. The number of carboxylic acid groups (broad SMARTS) is 1. The third-order valence-electron chi connectivity index (χ3n) is 6.16. The van der Waals surface area contributed by atoms with Gasteiger partial charge in [0.25, 0.3) is 11.7 Å². The average Bonchev–Trinajstić information content (AvgIpc) is 3.13. The van der Waals surface area contributed by atoms with Gasteiger partial charge in [0.05, 0.1) is 24.3 Å². The van der Waals surface area contributed by atoms with Gasteiger partial charge in [-0.15, -0.1) is 0 Å². The van der Waals surface area contributed by atoms with Crippen molar-refractivity contribution in [3.05, 3.63) is 106 Å². The first-order valence-corrected chi connectivity index (χ1v) is 11.2. The molecule has 0 spiro atoms. The van der Waals surface area contributed by atoms with Crippen LogP contribution in [0.3, 0.4) is 0 Å². The van der Waals surface area contributed by atoms with Crippen LogP contribution in [0.2, 0.25) is 0 Å². The van der Waals surface area contributed by atoms with E-state index < -0.39 is 23.7 Å². The molecule has 0 bridgehead atoms. The number of aryl methyl sites for hydroxylation is 1. The van der Waals surface area contributed by atoms with Crippen LogP contribution in [0, 0.1) is 0 Å². The maximum absolute atomic E-state index is 13.2. The van der Waals surface area contributed by atoms with Gasteiger partial charge in [-0.2, -0.15) is 0 Å². The highest BCUT2D eigenvalue weighted by Crippen LogP contribution is 2.43. The maximum Gasteiger partial charge on any atom is 0.335 e. The zero-order valence-electron chi connectivity index (χ0n) is 19.4. The van der Waals surface area contributed by atoms with Gasteiger partial charge in [-0.25, -0.2) is 4.79 Å². The number of likely N-dealkylation sites (tertiary alicyclic amines) is 1. The van der Waals surface area contributed by atoms with Gasteiger partial charge >= 0.3 is 5.97 Å². The number of methoxy groups -OCH3 is 1. The Kier molecular flexibility index (Phi) is 6.68. The van der Waals surface area contributed by atoms with Gasteiger partial charge in [0.2, 0.25) is 0 Å². The van der Waals surface area contributed by atoms with Gasteiger partial charge in [0, 0.05) is 17.7 Å². The summed E-state index contributed by atoms with van der Waals surface area (Å²) in [5, 5.41) is 20.4. The van der Waals surface area contributed by atoms with Crippen molar-refractivity contribution in [2.24, 2.45) is 0 Å². The molecule has 0 aliphatic carbocycles. The molecule has 0 radical (unpaired) electrons. The van der Waals surface area contributed by atoms with E-state index >= 15 is 0 Å². The maximum atomic E-state index is 13.2. The predicted molar refractivity (Wildman–Crippen MR) is 130 cm³/mol. The second-order valence-corrected chi connectivity index (χ2v) is 8.22. The third-order valence-corrected chi connectivity index (χ3v) is 6.16. The molecule has 7 nitrogen and oxygen atoms in total. The van der Waals surface area contributed by atoms with Crippen LogP contribution in [0.1, 0.15) is 45.6 Å². The number of nitrogens with zero attached hydrogens (tertiary/aromatic N) is 1. The van der Waals surface area contributed by atoms with E-state index in [-0.39, 0.29) is 23.4 Å². The molecule has 178 valence electrons. The number of aliphatic hydroxyl groups excluding tert-OH is 1. The van der Waals surface area contributed by atoms with Crippen LogP contribution in [0.5, 0.6) is 5.75 Å². The van der Waals surface area contributed by atoms with Crippen molar-refractivity contribution in [3.63, 3.8) is 0 Å². The summed E-state index contributed by atoms with van der Waals surface area (Å²) in [4.78, 5) is 39.0. The second-order valence-electron chi connectivity index (χ2n) is 8.22. The Morgan fingerprint density at radius 3 is 2.09 bits per heavy atom. The minimum absolute atomic E-state index is 0.0223. The quantitative estimate of drug-likeness (QED) is 0.297. The number of para-hydroxylation sites is 1. The summed E-state index contributed by atoms with van der Waals surface area (Å²) < 4.78 is 5.51. The van der Waals surface area contributed by atoms with Crippen molar-refractivity contribution < 1.29 is 29.3 Å². The highest BCUT2D eigenvalue weighted by molar-refractivity contribution is 6.46. The van der Waals surface area contributed by atoms with Crippen LogP contribution in [0.4, 0.5) is 0 Å². The highest BCUT2D eigenvalue weighted by atomic mass is 16.5. The normalized spacial score (nSPS) is 17.0. The molecule has 2 N–H and O–H groups in total. The van der Waals surface area contributed by atoms with Crippen LogP contribution < -0.4 is 4.74 Å². The molecule has 1 amide bonds.